The molecule has 1 aromatic rings. The predicted molar refractivity (Wildman–Crippen MR) is 68.3 cm³/mol. The molecular weight excluding hydrogens is 254 g/mol. The molecule has 2 rings (SSSR count). The van der Waals surface area contributed by atoms with Gasteiger partial charge in [-0.05, 0) is 12.1 Å². The van der Waals surface area contributed by atoms with Gasteiger partial charge in [0.25, 0.3) is 5.91 Å². The van der Waals surface area contributed by atoms with E-state index in [2.05, 4.69) is 10.3 Å². The van der Waals surface area contributed by atoms with Crippen molar-refractivity contribution in [1.82, 2.24) is 9.88 Å². The topological polar surface area (TPSA) is 79.4 Å². The fourth-order valence-corrected chi connectivity index (χ4v) is 2.98. The van der Waals surface area contributed by atoms with Crippen molar-refractivity contribution in [3.8, 4) is 0 Å². The lowest BCUT2D eigenvalue weighted by molar-refractivity contribution is 0.0764. The monoisotopic (exact) mass is 269 g/mol. The van der Waals surface area contributed by atoms with Gasteiger partial charge in [-0.2, -0.15) is 0 Å². The Hall–Kier alpha value is -1.63. The van der Waals surface area contributed by atoms with Crippen LogP contribution in [0.25, 0.3) is 0 Å². The molecule has 1 aliphatic rings. The van der Waals surface area contributed by atoms with Crippen molar-refractivity contribution in [2.75, 3.05) is 37.0 Å². The molecule has 98 valence electrons. The molecule has 0 unspecified atom stereocenters. The number of amides is 1. The van der Waals surface area contributed by atoms with Gasteiger partial charge in [0.2, 0.25) is 0 Å². The van der Waals surface area contributed by atoms with E-state index in [9.17, 15) is 13.2 Å². The van der Waals surface area contributed by atoms with Crippen molar-refractivity contribution >= 4 is 21.4 Å². The van der Waals surface area contributed by atoms with Crippen molar-refractivity contribution in [2.24, 2.45) is 0 Å². The van der Waals surface area contributed by atoms with Crippen molar-refractivity contribution in [3.05, 3.63) is 24.0 Å². The summed E-state index contributed by atoms with van der Waals surface area (Å²) < 4.78 is 22.6. The first-order valence-electron chi connectivity index (χ1n) is 5.65. The van der Waals surface area contributed by atoms with E-state index >= 15 is 0 Å². The molecule has 1 aromatic heterocycles. The number of anilines is 1. The van der Waals surface area contributed by atoms with Gasteiger partial charge in [-0.25, -0.2) is 8.42 Å². The van der Waals surface area contributed by atoms with Crippen molar-refractivity contribution in [2.45, 2.75) is 0 Å². The van der Waals surface area contributed by atoms with Gasteiger partial charge in [0, 0.05) is 32.0 Å². The number of rotatable bonds is 2. The number of carbonyl (C=O) groups is 1. The van der Waals surface area contributed by atoms with Gasteiger partial charge in [0.1, 0.15) is 5.69 Å². The lowest BCUT2D eigenvalue weighted by atomic mass is 10.3. The Labute approximate surface area is 106 Å². The molecule has 0 bridgehead atoms. The molecule has 0 spiro atoms. The highest BCUT2D eigenvalue weighted by molar-refractivity contribution is 7.91. The van der Waals surface area contributed by atoms with E-state index in [4.69, 9.17) is 0 Å². The van der Waals surface area contributed by atoms with Crippen LogP contribution in [-0.4, -0.2) is 55.9 Å². The summed E-state index contributed by atoms with van der Waals surface area (Å²) in [6, 6.07) is 3.42. The summed E-state index contributed by atoms with van der Waals surface area (Å²) in [6.07, 6.45) is 1.56. The van der Waals surface area contributed by atoms with Crippen LogP contribution in [0.2, 0.25) is 0 Å². The third-order valence-corrected chi connectivity index (χ3v) is 4.51. The largest absolute Gasteiger partial charge is 0.388 e. The van der Waals surface area contributed by atoms with Crippen LogP contribution < -0.4 is 5.32 Å². The fraction of sp³-hybridized carbons (Fsp3) is 0.455. The van der Waals surface area contributed by atoms with Gasteiger partial charge >= 0.3 is 0 Å². The van der Waals surface area contributed by atoms with Crippen molar-refractivity contribution in [1.29, 1.82) is 0 Å². The molecule has 1 N–H and O–H groups in total. The summed E-state index contributed by atoms with van der Waals surface area (Å²) in [7, 11) is -1.21. The summed E-state index contributed by atoms with van der Waals surface area (Å²) in [5.74, 6) is -0.156. The second-order valence-corrected chi connectivity index (χ2v) is 6.43. The second kappa shape index (κ2) is 4.93. The van der Waals surface area contributed by atoms with Crippen LogP contribution >= 0.6 is 0 Å². The Kier molecular flexibility index (Phi) is 3.51. The summed E-state index contributed by atoms with van der Waals surface area (Å²) in [4.78, 5) is 17.7. The number of pyridine rings is 1. The highest BCUT2D eigenvalue weighted by atomic mass is 32.2. The average Bonchev–Trinajstić information content (AvgIpc) is 2.38. The van der Waals surface area contributed by atoms with Crippen LogP contribution in [0.4, 0.5) is 5.69 Å². The van der Waals surface area contributed by atoms with Gasteiger partial charge in [0.15, 0.2) is 9.84 Å². The smallest absolute Gasteiger partial charge is 0.272 e. The Morgan fingerprint density at radius 2 is 2.06 bits per heavy atom. The highest BCUT2D eigenvalue weighted by Gasteiger charge is 2.26. The summed E-state index contributed by atoms with van der Waals surface area (Å²) in [5, 5.41) is 2.93. The molecule has 18 heavy (non-hydrogen) atoms. The molecule has 0 saturated carbocycles. The van der Waals surface area contributed by atoms with Crippen LogP contribution in [-0.2, 0) is 9.84 Å². The van der Waals surface area contributed by atoms with E-state index in [-0.39, 0.29) is 30.5 Å². The Morgan fingerprint density at radius 3 is 2.67 bits per heavy atom. The average molecular weight is 269 g/mol. The molecule has 0 aromatic carbocycles. The number of hydrogen-bond donors (Lipinski definition) is 1. The molecule has 0 atom stereocenters. The minimum atomic E-state index is -2.97. The van der Waals surface area contributed by atoms with Crippen LogP contribution in [0.5, 0.6) is 0 Å². The van der Waals surface area contributed by atoms with E-state index < -0.39 is 9.84 Å². The van der Waals surface area contributed by atoms with Crippen molar-refractivity contribution in [3.63, 3.8) is 0 Å². The fourth-order valence-electron chi connectivity index (χ4n) is 1.78. The van der Waals surface area contributed by atoms with Crippen LogP contribution in [0.3, 0.4) is 0 Å². The summed E-state index contributed by atoms with van der Waals surface area (Å²) in [5.41, 5.74) is 1.14. The number of sulfone groups is 1. The molecule has 0 radical (unpaired) electrons. The maximum Gasteiger partial charge on any atom is 0.272 e. The molecular formula is C11H15N3O3S. The minimum Gasteiger partial charge on any atom is -0.388 e. The summed E-state index contributed by atoms with van der Waals surface area (Å²) in [6.45, 7) is 0.485. The number of nitrogens with one attached hydrogen (secondary N) is 1. The number of aromatic nitrogens is 1. The summed E-state index contributed by atoms with van der Waals surface area (Å²) >= 11 is 0. The SMILES string of the molecule is CNc1ccnc(C(=O)N2CCS(=O)(=O)CC2)c1. The predicted octanol–water partition coefficient (Wildman–Crippen LogP) is -0.00610. The normalized spacial score (nSPS) is 18.4. The lowest BCUT2D eigenvalue weighted by Crippen LogP contribution is -2.44. The first-order chi connectivity index (χ1) is 8.52. The van der Waals surface area contributed by atoms with E-state index in [0.29, 0.717) is 5.69 Å². The van der Waals surface area contributed by atoms with Gasteiger partial charge in [0.05, 0.1) is 11.5 Å². The van der Waals surface area contributed by atoms with Crippen LogP contribution in [0.15, 0.2) is 18.3 Å². The Balaban J connectivity index is 2.12. The van der Waals surface area contributed by atoms with E-state index in [0.717, 1.165) is 5.69 Å². The van der Waals surface area contributed by atoms with Crippen molar-refractivity contribution < 1.29 is 13.2 Å². The van der Waals surface area contributed by atoms with Gasteiger partial charge in [-0.1, -0.05) is 0 Å². The van der Waals surface area contributed by atoms with Crippen LogP contribution in [0, 0.1) is 0 Å². The molecule has 6 nitrogen and oxygen atoms in total. The molecule has 1 amide bonds. The molecule has 1 fully saturated rings. The Bertz CT molecular complexity index is 542. The molecule has 1 aliphatic heterocycles. The molecule has 0 aliphatic carbocycles. The quantitative estimate of drug-likeness (QED) is 0.817. The maximum atomic E-state index is 12.1. The first-order valence-corrected chi connectivity index (χ1v) is 7.47. The third-order valence-electron chi connectivity index (χ3n) is 2.90. The first kappa shape index (κ1) is 12.8. The van der Waals surface area contributed by atoms with Crippen LogP contribution in [0.1, 0.15) is 10.5 Å². The third kappa shape index (κ3) is 2.79. The van der Waals surface area contributed by atoms with Gasteiger partial charge in [-0.3, -0.25) is 9.78 Å². The van der Waals surface area contributed by atoms with Gasteiger partial charge in [-0.15, -0.1) is 0 Å². The maximum absolute atomic E-state index is 12.1. The van der Waals surface area contributed by atoms with E-state index in [1.54, 1.807) is 25.4 Å². The molecule has 7 heteroatoms. The van der Waals surface area contributed by atoms with E-state index in [1.807, 2.05) is 0 Å². The minimum absolute atomic E-state index is 0.0322. The number of hydrogen-bond acceptors (Lipinski definition) is 5. The second-order valence-electron chi connectivity index (χ2n) is 4.12. The standard InChI is InChI=1S/C11H15N3O3S/c1-12-9-2-3-13-10(8-9)11(15)14-4-6-18(16,17)7-5-14/h2-3,8H,4-7H2,1H3,(H,12,13). The molecule has 2 heterocycles. The Morgan fingerprint density at radius 1 is 1.39 bits per heavy atom. The van der Waals surface area contributed by atoms with E-state index in [1.165, 1.54) is 4.90 Å². The zero-order chi connectivity index (χ0) is 13.2. The van der Waals surface area contributed by atoms with Gasteiger partial charge < -0.3 is 10.2 Å². The lowest BCUT2D eigenvalue weighted by Gasteiger charge is -2.26. The zero-order valence-electron chi connectivity index (χ0n) is 10.1. The number of nitrogens with zero attached hydrogens (tertiary/aromatic N) is 2. The zero-order valence-corrected chi connectivity index (χ0v) is 10.9. The molecule has 1 saturated heterocycles. The highest BCUT2D eigenvalue weighted by Crippen LogP contribution is 2.11. The number of carbonyl (C=O) groups excluding carboxylic acids is 1.